The molecular formula is C39H56F3N2O8P. The van der Waals surface area contributed by atoms with Crippen molar-refractivity contribution < 1.29 is 50.9 Å². The van der Waals surface area contributed by atoms with Gasteiger partial charge in [0, 0.05) is 32.3 Å². The van der Waals surface area contributed by atoms with Gasteiger partial charge in [0.25, 0.3) is 0 Å². The molecule has 10 nitrogen and oxygen atoms in total. The number of nitrogens with zero attached hydrogens (tertiary/aromatic N) is 2. The number of amides is 2. The minimum Gasteiger partial charge on any atom is -0.459 e. The molecule has 0 radical (unpaired) electrons. The van der Waals surface area contributed by atoms with Crippen molar-refractivity contribution in [2.24, 2.45) is 0 Å². The number of rotatable bonds is 11. The van der Waals surface area contributed by atoms with Crippen molar-refractivity contribution in [1.82, 2.24) is 9.80 Å². The number of hydrogen-bond donors (Lipinski definition) is 0. The zero-order chi connectivity index (χ0) is 40.0. The topological polar surface area (TPSA) is 112 Å². The maximum atomic E-state index is 14.9. The van der Waals surface area contributed by atoms with Crippen LogP contribution in [0, 0.1) is 0 Å². The molecule has 2 aromatic carbocycles. The fraction of sp³-hybridized carbons (Fsp3) is 0.615. The van der Waals surface area contributed by atoms with Gasteiger partial charge < -0.3 is 18.7 Å². The Labute approximate surface area is 312 Å². The average molecular weight is 769 g/mol. The number of halogens is 3. The second kappa shape index (κ2) is 16.9. The monoisotopic (exact) mass is 768 g/mol. The number of benzene rings is 2. The lowest BCUT2D eigenvalue weighted by Crippen LogP contribution is -2.56. The van der Waals surface area contributed by atoms with Crippen LogP contribution in [0.4, 0.5) is 22.8 Å². The van der Waals surface area contributed by atoms with Crippen LogP contribution in [0.5, 0.6) is 0 Å². The third kappa shape index (κ3) is 12.3. The molecule has 14 heteroatoms. The van der Waals surface area contributed by atoms with E-state index in [1.54, 1.807) is 75.3 Å². The fourth-order valence-electron chi connectivity index (χ4n) is 6.10. The Morgan fingerprint density at radius 1 is 0.811 bits per heavy atom. The van der Waals surface area contributed by atoms with E-state index in [4.69, 9.17) is 18.7 Å². The molecule has 2 aromatic rings. The fourth-order valence-corrected chi connectivity index (χ4v) is 9.11. The first-order valence-electron chi connectivity index (χ1n) is 18.0. The molecule has 0 saturated carbocycles. The summed E-state index contributed by atoms with van der Waals surface area (Å²) >= 11 is 0. The summed E-state index contributed by atoms with van der Waals surface area (Å²) in [5.41, 5.74) is -1.27. The summed E-state index contributed by atoms with van der Waals surface area (Å²) < 4.78 is 77.6. The molecule has 0 bridgehead atoms. The lowest BCUT2D eigenvalue weighted by Gasteiger charge is -2.46. The van der Waals surface area contributed by atoms with Crippen LogP contribution in [-0.4, -0.2) is 82.3 Å². The molecular weight excluding hydrogens is 712 g/mol. The van der Waals surface area contributed by atoms with Gasteiger partial charge in [-0.3, -0.25) is 14.3 Å². The van der Waals surface area contributed by atoms with Crippen molar-refractivity contribution >= 4 is 25.5 Å². The van der Waals surface area contributed by atoms with Gasteiger partial charge in [-0.05, 0) is 117 Å². The molecule has 3 rings (SSSR count). The van der Waals surface area contributed by atoms with E-state index in [-0.39, 0.29) is 45.1 Å². The molecule has 2 atom stereocenters. The molecule has 296 valence electrons. The van der Waals surface area contributed by atoms with E-state index in [2.05, 4.69) is 0 Å². The minimum atomic E-state index is -4.46. The van der Waals surface area contributed by atoms with Crippen LogP contribution in [0.25, 0.3) is 11.1 Å². The molecule has 1 aliphatic rings. The molecule has 2 unspecified atom stereocenters. The Hall–Kier alpha value is -3.41. The predicted octanol–water partition coefficient (Wildman–Crippen LogP) is 9.93. The van der Waals surface area contributed by atoms with Crippen LogP contribution in [0.1, 0.15) is 99.6 Å². The molecule has 1 aliphatic heterocycles. The van der Waals surface area contributed by atoms with Crippen LogP contribution in [0.3, 0.4) is 0 Å². The Balaban J connectivity index is 1.96. The normalized spacial score (nSPS) is 20.1. The zero-order valence-electron chi connectivity index (χ0n) is 32.7. The van der Waals surface area contributed by atoms with E-state index in [1.165, 1.54) is 12.1 Å². The number of imide groups is 1. The van der Waals surface area contributed by atoms with E-state index in [0.717, 1.165) is 28.2 Å². The lowest BCUT2D eigenvalue weighted by atomic mass is 9.96. The van der Waals surface area contributed by atoms with E-state index < -0.39 is 59.2 Å². The van der Waals surface area contributed by atoms with Crippen molar-refractivity contribution in [3.8, 4) is 11.1 Å². The van der Waals surface area contributed by atoms with Crippen molar-refractivity contribution in [2.45, 2.75) is 123 Å². The van der Waals surface area contributed by atoms with Gasteiger partial charge in [-0.2, -0.15) is 13.2 Å². The largest absolute Gasteiger partial charge is 0.459 e. The summed E-state index contributed by atoms with van der Waals surface area (Å²) in [5.74, 6) is -0.668. The Kier molecular flexibility index (Phi) is 14.1. The van der Waals surface area contributed by atoms with E-state index >= 15 is 0 Å². The molecule has 1 fully saturated rings. The van der Waals surface area contributed by atoms with Gasteiger partial charge in [0.05, 0.1) is 12.2 Å². The van der Waals surface area contributed by atoms with Gasteiger partial charge in [0.2, 0.25) is 7.37 Å². The predicted molar refractivity (Wildman–Crippen MR) is 198 cm³/mol. The van der Waals surface area contributed by atoms with Crippen LogP contribution in [0.2, 0.25) is 0 Å². The quantitative estimate of drug-likeness (QED) is 0.0955. The van der Waals surface area contributed by atoms with Crippen molar-refractivity contribution in [2.75, 3.05) is 32.4 Å². The van der Waals surface area contributed by atoms with Crippen LogP contribution < -0.4 is 0 Å². The first-order valence-corrected chi connectivity index (χ1v) is 19.8. The minimum absolute atomic E-state index is 0.0163. The van der Waals surface area contributed by atoms with Crippen LogP contribution in [0.15, 0.2) is 48.5 Å². The molecule has 1 saturated heterocycles. The molecule has 2 amide bonds. The summed E-state index contributed by atoms with van der Waals surface area (Å²) in [6.07, 6.45) is -5.60. The van der Waals surface area contributed by atoms with Gasteiger partial charge in [0.1, 0.15) is 16.8 Å². The standard InChI is InChI=1S/C39H56F3N2O8P/c1-11-49-53(48)25-24-43(26-29-16-12-13-17-31(29)28-18-20-30(21-19-28)39(40,41)42)27-38(53,32(45)50-35(2,3)4)22-14-15-23-44(33(46)51-36(5,6)7)34(47)52-37(8,9)10/h12-13,16-21H,11,14-15,22-27H2,1-10H3. The number of carbonyl (C=O) groups is 3. The van der Waals surface area contributed by atoms with Gasteiger partial charge in [0.15, 0.2) is 5.16 Å². The third-order valence-electron chi connectivity index (χ3n) is 8.35. The lowest BCUT2D eigenvalue weighted by molar-refractivity contribution is -0.160. The van der Waals surface area contributed by atoms with Crippen molar-refractivity contribution in [3.05, 3.63) is 59.7 Å². The first-order chi connectivity index (χ1) is 24.3. The zero-order valence-corrected chi connectivity index (χ0v) is 33.6. The number of hydrogen-bond acceptors (Lipinski definition) is 9. The van der Waals surface area contributed by atoms with Crippen molar-refractivity contribution in [1.29, 1.82) is 0 Å². The maximum Gasteiger partial charge on any atom is 0.419 e. The summed E-state index contributed by atoms with van der Waals surface area (Å²) in [4.78, 5) is 43.4. The Morgan fingerprint density at radius 2 is 1.36 bits per heavy atom. The SMILES string of the molecule is CCOP1(=O)CCN(Cc2ccccc2-c2ccc(C(F)(F)F)cc2)CC1(CCCCN(C(=O)OC(C)(C)C)C(=O)OC(C)(C)C)C(=O)OC(C)(C)C. The van der Waals surface area contributed by atoms with Gasteiger partial charge in [-0.25, -0.2) is 14.5 Å². The van der Waals surface area contributed by atoms with E-state index in [9.17, 15) is 32.1 Å². The summed E-state index contributed by atoms with van der Waals surface area (Å²) in [5, 5.41) is -1.60. The highest BCUT2D eigenvalue weighted by atomic mass is 31.2. The number of unbranched alkanes of at least 4 members (excludes halogenated alkanes) is 1. The van der Waals surface area contributed by atoms with Gasteiger partial charge in [-0.1, -0.05) is 36.4 Å². The Morgan fingerprint density at radius 3 is 1.87 bits per heavy atom. The van der Waals surface area contributed by atoms with Gasteiger partial charge in [-0.15, -0.1) is 0 Å². The van der Waals surface area contributed by atoms with Crippen molar-refractivity contribution in [3.63, 3.8) is 0 Å². The first kappa shape index (κ1) is 44.0. The second-order valence-electron chi connectivity index (χ2n) is 16.4. The van der Waals surface area contributed by atoms with Gasteiger partial charge >= 0.3 is 24.3 Å². The molecule has 0 aliphatic carbocycles. The van der Waals surface area contributed by atoms with Crippen LogP contribution in [-0.2, 0) is 40.8 Å². The molecule has 0 aromatic heterocycles. The number of esters is 1. The molecule has 1 heterocycles. The second-order valence-corrected chi connectivity index (χ2v) is 19.3. The highest BCUT2D eigenvalue weighted by Crippen LogP contribution is 2.64. The highest BCUT2D eigenvalue weighted by Gasteiger charge is 2.59. The third-order valence-corrected chi connectivity index (χ3v) is 11.7. The Bertz CT molecular complexity index is 1600. The average Bonchev–Trinajstić information content (AvgIpc) is 3.00. The highest BCUT2D eigenvalue weighted by molar-refractivity contribution is 7.62. The van der Waals surface area contributed by atoms with Crippen LogP contribution >= 0.6 is 7.37 Å². The molecule has 0 spiro atoms. The number of carbonyl (C=O) groups excluding carboxylic acids is 3. The maximum absolute atomic E-state index is 14.9. The number of ether oxygens (including phenoxy) is 3. The smallest absolute Gasteiger partial charge is 0.419 e. The van der Waals surface area contributed by atoms with E-state index in [0.29, 0.717) is 18.7 Å². The molecule has 0 N–H and O–H groups in total. The summed E-state index contributed by atoms with van der Waals surface area (Å²) in [6, 6.07) is 12.3. The summed E-state index contributed by atoms with van der Waals surface area (Å²) in [6.45, 7) is 17.7. The van der Waals surface area contributed by atoms with E-state index in [1.807, 2.05) is 23.1 Å². The summed E-state index contributed by atoms with van der Waals surface area (Å²) in [7, 11) is -3.71. The molecule has 53 heavy (non-hydrogen) atoms. The number of alkyl halides is 3.